The van der Waals surface area contributed by atoms with Crippen LogP contribution in [0.2, 0.25) is 0 Å². The first-order valence-corrected chi connectivity index (χ1v) is 7.28. The third kappa shape index (κ3) is 3.69. The molecule has 0 saturated heterocycles. The fourth-order valence-electron chi connectivity index (χ4n) is 2.63. The predicted molar refractivity (Wildman–Crippen MR) is 75.0 cm³/mol. The van der Waals surface area contributed by atoms with Gasteiger partial charge in [0.2, 0.25) is 0 Å². The lowest BCUT2D eigenvalue weighted by Crippen LogP contribution is -2.40. The standard InChI is InChI=1S/C15H19ClFNO/c16-10-15(8-2-1-3-9-15)11-18-14(19)12-4-6-13(17)7-5-12/h4-7H,1-3,8-11H2,(H,18,19). The Bertz CT molecular complexity index is 426. The molecule has 1 aromatic rings. The largest absolute Gasteiger partial charge is 0.351 e. The Balaban J connectivity index is 1.93. The molecule has 1 aliphatic carbocycles. The first-order chi connectivity index (χ1) is 9.15. The van der Waals surface area contributed by atoms with E-state index < -0.39 is 0 Å². The monoisotopic (exact) mass is 283 g/mol. The van der Waals surface area contributed by atoms with Crippen LogP contribution in [-0.4, -0.2) is 18.3 Å². The second kappa shape index (κ2) is 6.38. The van der Waals surface area contributed by atoms with Crippen molar-refractivity contribution in [2.75, 3.05) is 12.4 Å². The molecule has 19 heavy (non-hydrogen) atoms. The number of nitrogens with one attached hydrogen (secondary N) is 1. The molecule has 0 radical (unpaired) electrons. The van der Waals surface area contributed by atoms with E-state index in [1.807, 2.05) is 0 Å². The molecular weight excluding hydrogens is 265 g/mol. The van der Waals surface area contributed by atoms with E-state index >= 15 is 0 Å². The summed E-state index contributed by atoms with van der Waals surface area (Å²) in [5.41, 5.74) is 0.525. The van der Waals surface area contributed by atoms with Crippen molar-refractivity contribution in [1.82, 2.24) is 5.32 Å². The zero-order chi connectivity index (χ0) is 13.7. The number of amides is 1. The topological polar surface area (TPSA) is 29.1 Å². The summed E-state index contributed by atoms with van der Waals surface area (Å²) >= 11 is 6.09. The van der Waals surface area contributed by atoms with Crippen LogP contribution in [0.4, 0.5) is 4.39 Å². The number of alkyl halides is 1. The van der Waals surface area contributed by atoms with Crippen LogP contribution in [0, 0.1) is 11.2 Å². The highest BCUT2D eigenvalue weighted by molar-refractivity contribution is 6.18. The van der Waals surface area contributed by atoms with Crippen LogP contribution < -0.4 is 5.32 Å². The van der Waals surface area contributed by atoms with E-state index in [0.29, 0.717) is 18.0 Å². The number of carbonyl (C=O) groups is 1. The van der Waals surface area contributed by atoms with Crippen LogP contribution in [0.5, 0.6) is 0 Å². The van der Waals surface area contributed by atoms with E-state index in [9.17, 15) is 9.18 Å². The molecule has 0 aromatic heterocycles. The number of benzene rings is 1. The molecule has 0 atom stereocenters. The van der Waals surface area contributed by atoms with Gasteiger partial charge in [0, 0.05) is 23.4 Å². The summed E-state index contributed by atoms with van der Waals surface area (Å²) < 4.78 is 12.8. The van der Waals surface area contributed by atoms with Crippen LogP contribution in [-0.2, 0) is 0 Å². The average Bonchev–Trinajstić information content (AvgIpc) is 2.46. The third-order valence-electron chi connectivity index (χ3n) is 3.93. The van der Waals surface area contributed by atoms with Crippen molar-refractivity contribution in [3.63, 3.8) is 0 Å². The van der Waals surface area contributed by atoms with Crippen LogP contribution in [0.3, 0.4) is 0 Å². The first-order valence-electron chi connectivity index (χ1n) is 6.75. The van der Waals surface area contributed by atoms with Gasteiger partial charge in [0.05, 0.1) is 0 Å². The molecule has 1 saturated carbocycles. The van der Waals surface area contributed by atoms with Crippen LogP contribution in [0.15, 0.2) is 24.3 Å². The van der Waals surface area contributed by atoms with E-state index in [0.717, 1.165) is 12.8 Å². The summed E-state index contributed by atoms with van der Waals surface area (Å²) in [4.78, 5) is 12.0. The zero-order valence-electron chi connectivity index (χ0n) is 10.9. The Hall–Kier alpha value is -1.09. The highest BCUT2D eigenvalue weighted by Crippen LogP contribution is 2.36. The molecular formula is C15H19ClFNO. The molecule has 1 aliphatic rings. The lowest BCUT2D eigenvalue weighted by atomic mass is 9.75. The molecule has 0 spiro atoms. The third-order valence-corrected chi connectivity index (χ3v) is 4.49. The maximum atomic E-state index is 12.8. The van der Waals surface area contributed by atoms with Crippen LogP contribution >= 0.6 is 11.6 Å². The summed E-state index contributed by atoms with van der Waals surface area (Å²) in [7, 11) is 0. The van der Waals surface area contributed by atoms with E-state index in [4.69, 9.17) is 11.6 Å². The van der Waals surface area contributed by atoms with E-state index in [1.165, 1.54) is 43.5 Å². The van der Waals surface area contributed by atoms with Gasteiger partial charge in [0.1, 0.15) is 5.82 Å². The van der Waals surface area contributed by atoms with Gasteiger partial charge in [-0.25, -0.2) is 4.39 Å². The molecule has 2 nitrogen and oxygen atoms in total. The quantitative estimate of drug-likeness (QED) is 0.838. The number of hydrogen-bond acceptors (Lipinski definition) is 1. The van der Waals surface area contributed by atoms with Gasteiger partial charge in [0.25, 0.3) is 5.91 Å². The van der Waals surface area contributed by atoms with Gasteiger partial charge in [-0.3, -0.25) is 4.79 Å². The van der Waals surface area contributed by atoms with E-state index in [2.05, 4.69) is 5.32 Å². The van der Waals surface area contributed by atoms with Gasteiger partial charge in [0.15, 0.2) is 0 Å². The smallest absolute Gasteiger partial charge is 0.251 e. The normalized spacial score (nSPS) is 18.0. The fraction of sp³-hybridized carbons (Fsp3) is 0.533. The highest BCUT2D eigenvalue weighted by Gasteiger charge is 2.31. The Morgan fingerprint density at radius 2 is 1.84 bits per heavy atom. The van der Waals surface area contributed by atoms with Gasteiger partial charge >= 0.3 is 0 Å². The molecule has 2 rings (SSSR count). The Kier molecular flexibility index (Phi) is 4.81. The molecule has 1 amide bonds. The molecule has 0 heterocycles. The Morgan fingerprint density at radius 1 is 1.21 bits per heavy atom. The molecule has 4 heteroatoms. The molecule has 0 aliphatic heterocycles. The number of carbonyl (C=O) groups excluding carboxylic acids is 1. The first kappa shape index (κ1) is 14.3. The summed E-state index contributed by atoms with van der Waals surface area (Å²) in [6.45, 7) is 0.604. The molecule has 1 N–H and O–H groups in total. The number of rotatable bonds is 4. The maximum Gasteiger partial charge on any atom is 0.251 e. The lowest BCUT2D eigenvalue weighted by Gasteiger charge is -2.35. The molecule has 104 valence electrons. The van der Waals surface area contributed by atoms with Gasteiger partial charge in [-0.15, -0.1) is 11.6 Å². The second-order valence-corrected chi connectivity index (χ2v) is 5.65. The summed E-state index contributed by atoms with van der Waals surface area (Å²) in [5, 5.41) is 2.93. The lowest BCUT2D eigenvalue weighted by molar-refractivity contribution is 0.0921. The van der Waals surface area contributed by atoms with E-state index in [-0.39, 0.29) is 17.1 Å². The van der Waals surface area contributed by atoms with Crippen LogP contribution in [0.1, 0.15) is 42.5 Å². The van der Waals surface area contributed by atoms with Gasteiger partial charge in [-0.2, -0.15) is 0 Å². The second-order valence-electron chi connectivity index (χ2n) is 5.38. The maximum absolute atomic E-state index is 12.8. The van der Waals surface area contributed by atoms with Crippen molar-refractivity contribution in [2.24, 2.45) is 5.41 Å². The van der Waals surface area contributed by atoms with Crippen molar-refractivity contribution >= 4 is 17.5 Å². The SMILES string of the molecule is O=C(NCC1(CCl)CCCCC1)c1ccc(F)cc1. The van der Waals surface area contributed by atoms with Crippen molar-refractivity contribution in [1.29, 1.82) is 0 Å². The predicted octanol–water partition coefficient (Wildman–Crippen LogP) is 3.74. The molecule has 0 bridgehead atoms. The van der Waals surface area contributed by atoms with Crippen molar-refractivity contribution in [3.8, 4) is 0 Å². The average molecular weight is 284 g/mol. The minimum Gasteiger partial charge on any atom is -0.351 e. The summed E-state index contributed by atoms with van der Waals surface area (Å²) in [6.07, 6.45) is 5.75. The molecule has 1 fully saturated rings. The molecule has 1 aromatic carbocycles. The zero-order valence-corrected chi connectivity index (χ0v) is 11.7. The van der Waals surface area contributed by atoms with Gasteiger partial charge in [-0.05, 0) is 37.1 Å². The Morgan fingerprint density at radius 3 is 2.42 bits per heavy atom. The number of hydrogen-bond donors (Lipinski definition) is 1. The highest BCUT2D eigenvalue weighted by atomic mass is 35.5. The summed E-state index contributed by atoms with van der Waals surface area (Å²) in [6, 6.07) is 5.59. The van der Waals surface area contributed by atoms with Crippen LogP contribution in [0.25, 0.3) is 0 Å². The summed E-state index contributed by atoms with van der Waals surface area (Å²) in [5.74, 6) is 0.0904. The minimum atomic E-state index is -0.332. The van der Waals surface area contributed by atoms with Gasteiger partial charge < -0.3 is 5.32 Å². The van der Waals surface area contributed by atoms with E-state index in [1.54, 1.807) is 0 Å². The fourth-order valence-corrected chi connectivity index (χ4v) is 2.99. The minimum absolute atomic E-state index is 0.0372. The number of halogens is 2. The van der Waals surface area contributed by atoms with Crippen molar-refractivity contribution in [2.45, 2.75) is 32.1 Å². The Labute approximate surface area is 118 Å². The molecule has 0 unspecified atom stereocenters. The van der Waals surface area contributed by atoms with Gasteiger partial charge in [-0.1, -0.05) is 19.3 Å². The van der Waals surface area contributed by atoms with Crippen molar-refractivity contribution < 1.29 is 9.18 Å². The van der Waals surface area contributed by atoms with Crippen molar-refractivity contribution in [3.05, 3.63) is 35.6 Å².